The van der Waals surface area contributed by atoms with Crippen molar-refractivity contribution in [3.05, 3.63) is 23.4 Å². The number of nitrogens with one attached hydrogen (secondary N) is 2. The fourth-order valence-corrected chi connectivity index (χ4v) is 1.90. The molecule has 0 bridgehead atoms. The van der Waals surface area contributed by atoms with Crippen LogP contribution in [0.4, 0.5) is 5.82 Å². The van der Waals surface area contributed by atoms with Crippen molar-refractivity contribution in [2.75, 3.05) is 25.2 Å². The van der Waals surface area contributed by atoms with Crippen LogP contribution in [0.2, 0.25) is 0 Å². The summed E-state index contributed by atoms with van der Waals surface area (Å²) in [6.45, 7) is 6.17. The maximum Gasteiger partial charge on any atom is 0.251 e. The number of aryl methyl sites for hydroxylation is 1. The minimum Gasteiger partial charge on any atom is -0.381 e. The lowest BCUT2D eigenvalue weighted by atomic mass is 10.1. The summed E-state index contributed by atoms with van der Waals surface area (Å²) in [6.07, 6.45) is 3.61. The Morgan fingerprint density at radius 2 is 2.10 bits per heavy atom. The summed E-state index contributed by atoms with van der Waals surface area (Å²) in [5.41, 5.74) is 3.95. The van der Waals surface area contributed by atoms with Gasteiger partial charge in [-0.2, -0.15) is 0 Å². The first kappa shape index (κ1) is 17.4. The normalized spacial score (nSPS) is 10.4. The highest BCUT2D eigenvalue weighted by Gasteiger charge is 2.09. The number of carbonyl (C=O) groups is 1. The summed E-state index contributed by atoms with van der Waals surface area (Å²) < 4.78 is 5.37. The molecule has 0 spiro atoms. The number of nitrogens with two attached hydrogens (primary N) is 1. The summed E-state index contributed by atoms with van der Waals surface area (Å²) in [5.74, 6) is 5.79. The topological polar surface area (TPSA) is 89.3 Å². The molecule has 118 valence electrons. The summed E-state index contributed by atoms with van der Waals surface area (Å²) in [6, 6.07) is 3.47. The van der Waals surface area contributed by atoms with Gasteiger partial charge in [0.1, 0.15) is 5.82 Å². The van der Waals surface area contributed by atoms with Crippen LogP contribution in [0.15, 0.2) is 12.1 Å². The number of amides is 1. The fraction of sp³-hybridized carbons (Fsp3) is 0.600. The number of carbonyl (C=O) groups excluding carboxylic acids is 1. The van der Waals surface area contributed by atoms with Crippen molar-refractivity contribution >= 4 is 11.7 Å². The van der Waals surface area contributed by atoms with E-state index in [9.17, 15) is 4.79 Å². The second-order valence-electron chi connectivity index (χ2n) is 4.85. The van der Waals surface area contributed by atoms with Gasteiger partial charge in [0.05, 0.1) is 0 Å². The number of anilines is 1. The molecule has 21 heavy (non-hydrogen) atoms. The Bertz CT molecular complexity index is 438. The average Bonchev–Trinajstić information content (AvgIpc) is 2.50. The molecule has 6 heteroatoms. The third-order valence-corrected chi connectivity index (χ3v) is 2.89. The van der Waals surface area contributed by atoms with Crippen molar-refractivity contribution in [1.82, 2.24) is 10.3 Å². The predicted octanol–water partition coefficient (Wildman–Crippen LogP) is 1.87. The summed E-state index contributed by atoms with van der Waals surface area (Å²) in [5, 5.41) is 2.88. The molecule has 0 aliphatic carbocycles. The third-order valence-electron chi connectivity index (χ3n) is 2.89. The van der Waals surface area contributed by atoms with Gasteiger partial charge in [0.25, 0.3) is 5.91 Å². The lowest BCUT2D eigenvalue weighted by molar-refractivity contribution is 0.0941. The standard InChI is InChI=1S/C15H26N4O2/c1-3-6-13-10-12(11-14(18-13)19-16)15(20)17-7-5-9-21-8-4-2/h10-11H,3-9,16H2,1-2H3,(H,17,20)(H,18,19). The van der Waals surface area contributed by atoms with Crippen molar-refractivity contribution in [3.8, 4) is 0 Å². The van der Waals surface area contributed by atoms with Gasteiger partial charge >= 0.3 is 0 Å². The average molecular weight is 294 g/mol. The van der Waals surface area contributed by atoms with Gasteiger partial charge in [-0.3, -0.25) is 4.79 Å². The Hall–Kier alpha value is -1.66. The Labute approximate surface area is 126 Å². The number of rotatable bonds is 10. The highest BCUT2D eigenvalue weighted by Crippen LogP contribution is 2.11. The zero-order valence-electron chi connectivity index (χ0n) is 12.9. The van der Waals surface area contributed by atoms with E-state index in [1.165, 1.54) is 0 Å². The molecule has 0 atom stereocenters. The van der Waals surface area contributed by atoms with Crippen LogP contribution in [0.3, 0.4) is 0 Å². The largest absolute Gasteiger partial charge is 0.381 e. The summed E-state index contributed by atoms with van der Waals surface area (Å²) >= 11 is 0. The van der Waals surface area contributed by atoms with Gasteiger partial charge in [0.15, 0.2) is 0 Å². The number of hydrazine groups is 1. The van der Waals surface area contributed by atoms with E-state index < -0.39 is 0 Å². The van der Waals surface area contributed by atoms with E-state index in [1.54, 1.807) is 6.07 Å². The zero-order valence-corrected chi connectivity index (χ0v) is 12.9. The van der Waals surface area contributed by atoms with Gasteiger partial charge in [-0.1, -0.05) is 20.3 Å². The molecule has 1 rings (SSSR count). The molecule has 0 fully saturated rings. The smallest absolute Gasteiger partial charge is 0.251 e. The Kier molecular flexibility index (Phi) is 8.38. The maximum absolute atomic E-state index is 12.1. The Balaban J connectivity index is 2.50. The van der Waals surface area contributed by atoms with Crippen LogP contribution in [0, 0.1) is 0 Å². The number of hydrogen-bond donors (Lipinski definition) is 3. The Morgan fingerprint density at radius 1 is 1.29 bits per heavy atom. The van der Waals surface area contributed by atoms with Gasteiger partial charge in [0, 0.05) is 31.0 Å². The van der Waals surface area contributed by atoms with Crippen molar-refractivity contribution in [2.45, 2.75) is 39.5 Å². The first-order chi connectivity index (χ1) is 10.2. The highest BCUT2D eigenvalue weighted by atomic mass is 16.5. The molecule has 4 N–H and O–H groups in total. The van der Waals surface area contributed by atoms with Gasteiger partial charge in [-0.15, -0.1) is 0 Å². The predicted molar refractivity (Wildman–Crippen MR) is 84.1 cm³/mol. The van der Waals surface area contributed by atoms with E-state index in [1.807, 2.05) is 6.07 Å². The van der Waals surface area contributed by atoms with E-state index in [2.05, 4.69) is 29.6 Å². The maximum atomic E-state index is 12.1. The van der Waals surface area contributed by atoms with Crippen LogP contribution in [-0.4, -0.2) is 30.6 Å². The minimum atomic E-state index is -0.109. The monoisotopic (exact) mass is 294 g/mol. The van der Waals surface area contributed by atoms with Gasteiger partial charge in [0.2, 0.25) is 0 Å². The number of nitrogens with zero attached hydrogens (tertiary/aromatic N) is 1. The lowest BCUT2D eigenvalue weighted by Crippen LogP contribution is -2.26. The van der Waals surface area contributed by atoms with Crippen LogP contribution < -0.4 is 16.6 Å². The number of aromatic nitrogens is 1. The highest BCUT2D eigenvalue weighted by molar-refractivity contribution is 5.94. The second kappa shape index (κ2) is 10.1. The lowest BCUT2D eigenvalue weighted by Gasteiger charge is -2.09. The van der Waals surface area contributed by atoms with Crippen molar-refractivity contribution in [1.29, 1.82) is 0 Å². The van der Waals surface area contributed by atoms with Crippen LogP contribution in [0.5, 0.6) is 0 Å². The van der Waals surface area contributed by atoms with Crippen LogP contribution in [0.1, 0.15) is 49.2 Å². The third kappa shape index (κ3) is 6.55. The molecular formula is C15H26N4O2. The minimum absolute atomic E-state index is 0.109. The summed E-state index contributed by atoms with van der Waals surface area (Å²) in [4.78, 5) is 16.4. The van der Waals surface area contributed by atoms with E-state index in [0.717, 1.165) is 38.0 Å². The number of pyridine rings is 1. The Morgan fingerprint density at radius 3 is 2.76 bits per heavy atom. The van der Waals surface area contributed by atoms with Gasteiger partial charge in [-0.25, -0.2) is 10.8 Å². The first-order valence-electron chi connectivity index (χ1n) is 7.54. The van der Waals surface area contributed by atoms with E-state index in [0.29, 0.717) is 24.5 Å². The quantitative estimate of drug-likeness (QED) is 0.348. The number of ether oxygens (including phenoxy) is 1. The van der Waals surface area contributed by atoms with E-state index >= 15 is 0 Å². The van der Waals surface area contributed by atoms with E-state index in [4.69, 9.17) is 10.6 Å². The van der Waals surface area contributed by atoms with Crippen molar-refractivity contribution < 1.29 is 9.53 Å². The molecular weight excluding hydrogens is 268 g/mol. The van der Waals surface area contributed by atoms with Crippen molar-refractivity contribution in [3.63, 3.8) is 0 Å². The zero-order chi connectivity index (χ0) is 15.5. The second-order valence-corrected chi connectivity index (χ2v) is 4.85. The van der Waals surface area contributed by atoms with Crippen LogP contribution in [0.25, 0.3) is 0 Å². The van der Waals surface area contributed by atoms with Crippen LogP contribution in [-0.2, 0) is 11.2 Å². The summed E-state index contributed by atoms with van der Waals surface area (Å²) in [7, 11) is 0. The van der Waals surface area contributed by atoms with Crippen molar-refractivity contribution in [2.24, 2.45) is 5.84 Å². The molecule has 6 nitrogen and oxygen atoms in total. The molecule has 0 saturated carbocycles. The SMILES string of the molecule is CCCOCCCNC(=O)c1cc(CCC)nc(NN)c1. The molecule has 1 aromatic rings. The van der Waals surface area contributed by atoms with Crippen LogP contribution >= 0.6 is 0 Å². The molecule has 1 aromatic heterocycles. The first-order valence-corrected chi connectivity index (χ1v) is 7.54. The number of nitrogen functional groups attached to an aromatic ring is 1. The fourth-order valence-electron chi connectivity index (χ4n) is 1.90. The van der Waals surface area contributed by atoms with Gasteiger partial charge in [-0.05, 0) is 31.4 Å². The molecule has 1 amide bonds. The van der Waals surface area contributed by atoms with Gasteiger partial charge < -0.3 is 15.5 Å². The molecule has 0 radical (unpaired) electrons. The molecule has 0 aliphatic heterocycles. The van der Waals surface area contributed by atoms with E-state index in [-0.39, 0.29) is 5.91 Å². The molecule has 0 unspecified atom stereocenters. The molecule has 1 heterocycles. The molecule has 0 aromatic carbocycles. The molecule has 0 saturated heterocycles. The number of hydrogen-bond acceptors (Lipinski definition) is 5. The molecule has 0 aliphatic rings.